The monoisotopic (exact) mass is 546 g/mol. The summed E-state index contributed by atoms with van der Waals surface area (Å²) in [7, 11) is -3.55. The molecule has 1 unspecified atom stereocenters. The Hall–Kier alpha value is -3.75. The van der Waals surface area contributed by atoms with Crippen LogP contribution in [0.25, 0.3) is 6.08 Å². The molecular weight excluding hydrogens is 512 g/mol. The summed E-state index contributed by atoms with van der Waals surface area (Å²) in [6.07, 6.45) is 5.46. The van der Waals surface area contributed by atoms with Gasteiger partial charge in [-0.25, -0.2) is 13.2 Å². The topological polar surface area (TPSA) is 92.8 Å². The van der Waals surface area contributed by atoms with Gasteiger partial charge in [0.2, 0.25) is 16.1 Å². The van der Waals surface area contributed by atoms with E-state index >= 15 is 0 Å². The zero-order valence-electron chi connectivity index (χ0n) is 22.3. The van der Waals surface area contributed by atoms with E-state index in [1.54, 1.807) is 52.8 Å². The number of esters is 1. The highest BCUT2D eigenvalue weighted by Crippen LogP contribution is 2.24. The number of hydrogen-bond acceptors (Lipinski definition) is 5. The highest BCUT2D eigenvalue weighted by atomic mass is 32.2. The molecule has 1 atom stereocenters. The zero-order chi connectivity index (χ0) is 27.8. The molecule has 1 amide bonds. The average molecular weight is 547 g/mol. The summed E-state index contributed by atoms with van der Waals surface area (Å²) < 4.78 is 33.1. The number of carbonyl (C=O) groups excluding carboxylic acids is 2. The van der Waals surface area contributed by atoms with Crippen LogP contribution in [0.5, 0.6) is 0 Å². The van der Waals surface area contributed by atoms with Gasteiger partial charge in [0, 0.05) is 30.4 Å². The quantitative estimate of drug-likeness (QED) is 0.285. The summed E-state index contributed by atoms with van der Waals surface area (Å²) >= 11 is 0. The van der Waals surface area contributed by atoms with E-state index in [2.05, 4.69) is 5.32 Å². The van der Waals surface area contributed by atoms with Gasteiger partial charge in [-0.3, -0.25) is 4.79 Å². The molecule has 0 aromatic heterocycles. The smallest absolute Gasteiger partial charge is 0.331 e. The molecule has 1 heterocycles. The van der Waals surface area contributed by atoms with Crippen LogP contribution in [0, 0.1) is 13.8 Å². The average Bonchev–Trinajstić information content (AvgIpc) is 3.24. The van der Waals surface area contributed by atoms with Crippen molar-refractivity contribution in [2.24, 2.45) is 0 Å². The van der Waals surface area contributed by atoms with Crippen molar-refractivity contribution in [3.8, 4) is 0 Å². The van der Waals surface area contributed by atoms with Crippen molar-refractivity contribution in [1.29, 1.82) is 0 Å². The van der Waals surface area contributed by atoms with Gasteiger partial charge < -0.3 is 10.1 Å². The van der Waals surface area contributed by atoms with Crippen LogP contribution < -0.4 is 5.32 Å². The molecule has 0 saturated carbocycles. The number of benzene rings is 3. The van der Waals surface area contributed by atoms with Crippen molar-refractivity contribution in [3.05, 3.63) is 101 Å². The molecule has 0 aliphatic carbocycles. The van der Waals surface area contributed by atoms with Crippen molar-refractivity contribution in [2.75, 3.05) is 18.4 Å². The van der Waals surface area contributed by atoms with Crippen LogP contribution in [-0.2, 0) is 24.3 Å². The van der Waals surface area contributed by atoms with Gasteiger partial charge in [0.1, 0.15) is 0 Å². The van der Waals surface area contributed by atoms with Crippen LogP contribution >= 0.6 is 0 Å². The van der Waals surface area contributed by atoms with E-state index in [1.165, 1.54) is 12.2 Å². The van der Waals surface area contributed by atoms with E-state index in [0.29, 0.717) is 29.9 Å². The fraction of sp³-hybridized carbons (Fsp3) is 0.290. The molecule has 204 valence electrons. The van der Waals surface area contributed by atoms with E-state index < -0.39 is 28.0 Å². The van der Waals surface area contributed by atoms with Crippen molar-refractivity contribution < 1.29 is 22.7 Å². The molecule has 4 rings (SSSR count). The number of nitrogens with one attached hydrogen (secondary N) is 1. The van der Waals surface area contributed by atoms with Gasteiger partial charge in [-0.2, -0.15) is 4.31 Å². The molecule has 39 heavy (non-hydrogen) atoms. The molecule has 3 aromatic carbocycles. The third-order valence-electron chi connectivity index (χ3n) is 6.72. The zero-order valence-corrected chi connectivity index (χ0v) is 23.1. The van der Waals surface area contributed by atoms with E-state index in [-0.39, 0.29) is 4.90 Å². The number of hydrogen-bond donors (Lipinski definition) is 1. The van der Waals surface area contributed by atoms with Crippen molar-refractivity contribution in [1.82, 2.24) is 4.31 Å². The number of anilines is 1. The Bertz CT molecular complexity index is 1430. The lowest BCUT2D eigenvalue weighted by Gasteiger charge is -2.20. The predicted molar refractivity (Wildman–Crippen MR) is 153 cm³/mol. The number of sulfonamides is 1. The van der Waals surface area contributed by atoms with E-state index in [4.69, 9.17) is 4.74 Å². The van der Waals surface area contributed by atoms with Crippen molar-refractivity contribution in [2.45, 2.75) is 50.5 Å². The van der Waals surface area contributed by atoms with Crippen LogP contribution in [0.15, 0.2) is 83.8 Å². The SMILES string of the molecule is Cc1ccc(C)c(NC(=O)C(OC(=O)C=Cc2ccc(S(=O)(=O)N3CCCCCC3)cc2)c2ccccc2)c1. The number of ether oxygens (including phenoxy) is 1. The maximum absolute atomic E-state index is 13.2. The van der Waals surface area contributed by atoms with E-state index in [9.17, 15) is 18.0 Å². The Morgan fingerprint density at radius 3 is 2.23 bits per heavy atom. The Morgan fingerprint density at radius 2 is 1.56 bits per heavy atom. The molecular formula is C31H34N2O5S. The molecule has 1 aliphatic heterocycles. The van der Waals surface area contributed by atoms with Gasteiger partial charge >= 0.3 is 5.97 Å². The van der Waals surface area contributed by atoms with Gasteiger partial charge in [0.05, 0.1) is 4.90 Å². The number of rotatable bonds is 8. The van der Waals surface area contributed by atoms with Gasteiger partial charge in [0.25, 0.3) is 5.91 Å². The lowest BCUT2D eigenvalue weighted by molar-refractivity contribution is -0.149. The first-order valence-corrected chi connectivity index (χ1v) is 14.6. The minimum atomic E-state index is -3.55. The summed E-state index contributed by atoms with van der Waals surface area (Å²) in [6, 6.07) is 21.0. The Morgan fingerprint density at radius 1 is 0.897 bits per heavy atom. The van der Waals surface area contributed by atoms with Gasteiger partial charge in [-0.15, -0.1) is 0 Å². The van der Waals surface area contributed by atoms with Gasteiger partial charge in [-0.05, 0) is 67.7 Å². The number of amides is 1. The molecule has 0 spiro atoms. The maximum atomic E-state index is 13.2. The standard InChI is InChI=1S/C31H34N2O5S/c1-23-12-13-24(2)28(22-23)32-31(35)30(26-10-6-5-7-11-26)38-29(34)19-16-25-14-17-27(18-15-25)39(36,37)33-20-8-3-4-9-21-33/h5-7,10-19,22,30H,3-4,8-9,20-21H2,1-2H3,(H,32,35). The van der Waals surface area contributed by atoms with Gasteiger partial charge in [-0.1, -0.05) is 67.4 Å². The van der Waals surface area contributed by atoms with Crippen LogP contribution in [0.3, 0.4) is 0 Å². The first-order chi connectivity index (χ1) is 18.7. The van der Waals surface area contributed by atoms with Crippen LogP contribution in [0.2, 0.25) is 0 Å². The molecule has 1 aliphatic rings. The molecule has 1 saturated heterocycles. The maximum Gasteiger partial charge on any atom is 0.331 e. The Balaban J connectivity index is 1.45. The first kappa shape index (κ1) is 28.3. The molecule has 7 nitrogen and oxygen atoms in total. The first-order valence-electron chi connectivity index (χ1n) is 13.2. The predicted octanol–water partition coefficient (Wildman–Crippen LogP) is 5.80. The second kappa shape index (κ2) is 12.9. The summed E-state index contributed by atoms with van der Waals surface area (Å²) in [5, 5.41) is 2.88. The molecule has 1 N–H and O–H groups in total. The van der Waals surface area contributed by atoms with Crippen LogP contribution in [-0.4, -0.2) is 37.7 Å². The third kappa shape index (κ3) is 7.43. The number of aryl methyl sites for hydroxylation is 2. The molecule has 1 fully saturated rings. The lowest BCUT2D eigenvalue weighted by atomic mass is 10.1. The lowest BCUT2D eigenvalue weighted by Crippen LogP contribution is -2.31. The minimum absolute atomic E-state index is 0.233. The molecule has 3 aromatic rings. The Kier molecular flexibility index (Phi) is 9.32. The minimum Gasteiger partial charge on any atom is -0.444 e. The largest absolute Gasteiger partial charge is 0.444 e. The normalized spacial score (nSPS) is 15.4. The number of nitrogens with zero attached hydrogens (tertiary/aromatic N) is 1. The van der Waals surface area contributed by atoms with Gasteiger partial charge in [0.15, 0.2) is 0 Å². The second-order valence-electron chi connectivity index (χ2n) is 9.76. The summed E-state index contributed by atoms with van der Waals surface area (Å²) in [5.74, 6) is -1.15. The molecule has 8 heteroatoms. The second-order valence-corrected chi connectivity index (χ2v) is 11.7. The van der Waals surface area contributed by atoms with Crippen molar-refractivity contribution >= 4 is 33.7 Å². The Labute approximate surface area is 230 Å². The summed E-state index contributed by atoms with van der Waals surface area (Å²) in [6.45, 7) is 4.90. The summed E-state index contributed by atoms with van der Waals surface area (Å²) in [4.78, 5) is 26.2. The molecule has 0 bridgehead atoms. The number of carbonyl (C=O) groups is 2. The molecule has 0 radical (unpaired) electrons. The fourth-order valence-electron chi connectivity index (χ4n) is 4.47. The van der Waals surface area contributed by atoms with E-state index in [0.717, 1.165) is 36.8 Å². The highest BCUT2D eigenvalue weighted by Gasteiger charge is 2.26. The van der Waals surface area contributed by atoms with E-state index in [1.807, 2.05) is 38.1 Å². The third-order valence-corrected chi connectivity index (χ3v) is 8.63. The van der Waals surface area contributed by atoms with Crippen LogP contribution in [0.1, 0.15) is 54.0 Å². The van der Waals surface area contributed by atoms with Crippen molar-refractivity contribution in [3.63, 3.8) is 0 Å². The summed E-state index contributed by atoms with van der Waals surface area (Å²) in [5.41, 5.74) is 3.73. The highest BCUT2D eigenvalue weighted by molar-refractivity contribution is 7.89. The fourth-order valence-corrected chi connectivity index (χ4v) is 5.99. The van der Waals surface area contributed by atoms with Crippen LogP contribution in [0.4, 0.5) is 5.69 Å².